The molecule has 0 unspecified atom stereocenters. The van der Waals surface area contributed by atoms with Crippen molar-refractivity contribution in [3.63, 3.8) is 0 Å². The van der Waals surface area contributed by atoms with E-state index in [1.807, 2.05) is 4.90 Å². The number of carbonyl (C=O) groups excluding carboxylic acids is 1. The number of nitrogens with zero attached hydrogens (tertiary/aromatic N) is 6. The number of hydrogen-bond acceptors (Lipinski definition) is 6. The molecule has 3 aromatic rings. The van der Waals surface area contributed by atoms with Crippen LogP contribution in [-0.4, -0.2) is 42.2 Å². The summed E-state index contributed by atoms with van der Waals surface area (Å²) in [6.07, 6.45) is 3.99. The van der Waals surface area contributed by atoms with Gasteiger partial charge in [-0.25, -0.2) is 4.79 Å². The van der Waals surface area contributed by atoms with Gasteiger partial charge in [0.2, 0.25) is 11.8 Å². The van der Waals surface area contributed by atoms with Crippen LogP contribution in [0.25, 0.3) is 5.69 Å². The number of rotatable bonds is 3. The molecule has 156 valence electrons. The molecule has 11 heteroatoms. The van der Waals surface area contributed by atoms with Gasteiger partial charge in [0.05, 0.1) is 11.2 Å². The maximum absolute atomic E-state index is 13.3. The van der Waals surface area contributed by atoms with Crippen molar-refractivity contribution in [1.29, 1.82) is 0 Å². The van der Waals surface area contributed by atoms with Crippen molar-refractivity contribution in [3.05, 3.63) is 46.4 Å². The van der Waals surface area contributed by atoms with Crippen LogP contribution in [0.5, 0.6) is 0 Å². The van der Waals surface area contributed by atoms with Gasteiger partial charge in [-0.3, -0.25) is 0 Å². The minimum Gasteiger partial charge on any atom is -0.423 e. The van der Waals surface area contributed by atoms with E-state index >= 15 is 0 Å². The average Bonchev–Trinajstić information content (AvgIpc) is 3.31. The Bertz CT molecular complexity index is 1130. The molecule has 9 nitrogen and oxygen atoms in total. The van der Waals surface area contributed by atoms with Crippen LogP contribution in [0.1, 0.15) is 38.0 Å². The lowest BCUT2D eigenvalue weighted by molar-refractivity contribution is -0.110. The standard InChI is InChI=1S/C19H19Cl2N7O2/c1-10-5-13-8-19(7-10,17-25-24-11(2)30-17)27(13)18(29)23-12-3-4-14(20)15(6-12)28-22-9-16(21)26-28/h3-4,6,9-10,13H,5,7-8H2,1-2H3,(H,23,29)/t10-,13+,19-/m0/s1. The normalized spacial score (nSPS) is 25.1. The summed E-state index contributed by atoms with van der Waals surface area (Å²) in [7, 11) is 0. The maximum atomic E-state index is 13.3. The third-order valence-corrected chi connectivity index (χ3v) is 6.27. The summed E-state index contributed by atoms with van der Waals surface area (Å²) in [6.45, 7) is 3.94. The van der Waals surface area contributed by atoms with E-state index in [-0.39, 0.29) is 17.2 Å². The molecule has 3 heterocycles. The lowest BCUT2D eigenvalue weighted by Gasteiger charge is -2.61. The molecule has 1 aliphatic heterocycles. The van der Waals surface area contributed by atoms with Crippen molar-refractivity contribution >= 4 is 34.9 Å². The second kappa shape index (κ2) is 6.95. The highest BCUT2D eigenvalue weighted by Crippen LogP contribution is 2.55. The van der Waals surface area contributed by atoms with Gasteiger partial charge in [-0.05, 0) is 37.0 Å². The highest BCUT2D eigenvalue weighted by molar-refractivity contribution is 6.32. The number of hydrogen-bond donors (Lipinski definition) is 1. The Morgan fingerprint density at radius 1 is 1.30 bits per heavy atom. The molecular weight excluding hydrogens is 429 g/mol. The maximum Gasteiger partial charge on any atom is 0.323 e. The van der Waals surface area contributed by atoms with Crippen molar-refractivity contribution in [2.75, 3.05) is 5.32 Å². The fourth-order valence-corrected chi connectivity index (χ4v) is 5.03. The molecule has 2 bridgehead atoms. The molecule has 1 saturated heterocycles. The van der Waals surface area contributed by atoms with Crippen molar-refractivity contribution in [3.8, 4) is 5.69 Å². The number of benzene rings is 1. The third-order valence-electron chi connectivity index (χ3n) is 5.78. The molecule has 2 fully saturated rings. The Morgan fingerprint density at radius 2 is 2.13 bits per heavy atom. The number of likely N-dealkylation sites (tertiary alicyclic amines) is 1. The van der Waals surface area contributed by atoms with Gasteiger partial charge < -0.3 is 14.6 Å². The summed E-state index contributed by atoms with van der Waals surface area (Å²) in [5.74, 6) is 1.47. The fourth-order valence-electron chi connectivity index (χ4n) is 4.72. The number of aryl methyl sites for hydroxylation is 1. The van der Waals surface area contributed by atoms with Gasteiger partial charge in [-0.15, -0.1) is 20.1 Å². The summed E-state index contributed by atoms with van der Waals surface area (Å²) in [4.78, 5) is 16.4. The van der Waals surface area contributed by atoms with Crippen LogP contribution < -0.4 is 5.32 Å². The number of carbonyl (C=O) groups is 1. The summed E-state index contributed by atoms with van der Waals surface area (Å²) in [6, 6.07) is 5.04. The van der Waals surface area contributed by atoms with Gasteiger partial charge in [0, 0.05) is 25.1 Å². The van der Waals surface area contributed by atoms with E-state index in [1.54, 1.807) is 25.1 Å². The number of nitrogens with one attached hydrogen (secondary N) is 1. The van der Waals surface area contributed by atoms with Gasteiger partial charge in [-0.2, -0.15) is 5.10 Å². The number of urea groups is 1. The third kappa shape index (κ3) is 3.04. The SMILES string of the molecule is Cc1nnc([C@]23C[C@@H](C)C[C@H](C2)N3C(=O)Nc2ccc(Cl)c(-n3ncc(Cl)n3)c2)o1. The smallest absolute Gasteiger partial charge is 0.323 e. The van der Waals surface area contributed by atoms with Crippen molar-refractivity contribution in [1.82, 2.24) is 30.1 Å². The molecular formula is C19H19Cl2N7O2. The van der Waals surface area contributed by atoms with Gasteiger partial charge in [0.25, 0.3) is 0 Å². The van der Waals surface area contributed by atoms with Crippen LogP contribution in [0.15, 0.2) is 28.8 Å². The van der Waals surface area contributed by atoms with E-state index in [4.69, 9.17) is 27.6 Å². The average molecular weight is 448 g/mol. The highest BCUT2D eigenvalue weighted by atomic mass is 35.5. The van der Waals surface area contributed by atoms with E-state index in [2.05, 4.69) is 32.6 Å². The zero-order valence-corrected chi connectivity index (χ0v) is 17.9. The van der Waals surface area contributed by atoms with E-state index in [0.717, 1.165) is 19.3 Å². The Morgan fingerprint density at radius 3 is 2.83 bits per heavy atom. The Balaban J connectivity index is 1.43. The molecule has 2 aromatic heterocycles. The molecule has 30 heavy (non-hydrogen) atoms. The number of anilines is 1. The Kier molecular flexibility index (Phi) is 4.48. The summed E-state index contributed by atoms with van der Waals surface area (Å²) in [5.41, 5.74) is 0.531. The minimum absolute atomic E-state index is 0.138. The lowest BCUT2D eigenvalue weighted by atomic mass is 9.64. The first kappa shape index (κ1) is 19.3. The number of aromatic nitrogens is 5. The van der Waals surface area contributed by atoms with Crippen LogP contribution in [-0.2, 0) is 5.54 Å². The second-order valence-corrected chi connectivity index (χ2v) is 8.78. The van der Waals surface area contributed by atoms with Crippen molar-refractivity contribution in [2.24, 2.45) is 5.92 Å². The molecule has 5 rings (SSSR count). The van der Waals surface area contributed by atoms with Crippen molar-refractivity contribution < 1.29 is 9.21 Å². The fraction of sp³-hybridized carbons (Fsp3) is 0.421. The predicted molar refractivity (Wildman–Crippen MR) is 110 cm³/mol. The molecule has 1 aromatic carbocycles. The van der Waals surface area contributed by atoms with E-state index in [0.29, 0.717) is 34.1 Å². The molecule has 1 aliphatic carbocycles. The first-order valence-corrected chi connectivity index (χ1v) is 10.4. The molecule has 1 N–H and O–H groups in total. The van der Waals surface area contributed by atoms with Crippen LogP contribution in [0.3, 0.4) is 0 Å². The monoisotopic (exact) mass is 447 g/mol. The number of amides is 2. The van der Waals surface area contributed by atoms with Gasteiger partial charge in [-0.1, -0.05) is 30.1 Å². The quantitative estimate of drug-likeness (QED) is 0.645. The summed E-state index contributed by atoms with van der Waals surface area (Å²) < 4.78 is 5.74. The van der Waals surface area contributed by atoms with Crippen LogP contribution >= 0.6 is 23.2 Å². The zero-order valence-electron chi connectivity index (χ0n) is 16.3. The molecule has 2 aliphatic rings. The van der Waals surface area contributed by atoms with Gasteiger partial charge >= 0.3 is 6.03 Å². The Labute approximate surface area is 182 Å². The molecule has 3 atom stereocenters. The van der Waals surface area contributed by atoms with Gasteiger partial charge in [0.15, 0.2) is 5.15 Å². The zero-order chi connectivity index (χ0) is 21.0. The highest BCUT2D eigenvalue weighted by Gasteiger charge is 2.62. The molecule has 0 radical (unpaired) electrons. The largest absolute Gasteiger partial charge is 0.423 e. The first-order valence-electron chi connectivity index (χ1n) is 9.64. The molecule has 1 saturated carbocycles. The number of fused-ring (bicyclic) bond motifs is 2. The Hall–Kier alpha value is -2.65. The van der Waals surface area contributed by atoms with Crippen LogP contribution in [0.4, 0.5) is 10.5 Å². The first-order chi connectivity index (χ1) is 14.4. The van der Waals surface area contributed by atoms with E-state index in [1.165, 1.54) is 11.0 Å². The van der Waals surface area contributed by atoms with Crippen LogP contribution in [0.2, 0.25) is 10.2 Å². The van der Waals surface area contributed by atoms with E-state index in [9.17, 15) is 4.79 Å². The lowest BCUT2D eigenvalue weighted by Crippen LogP contribution is -2.70. The summed E-state index contributed by atoms with van der Waals surface area (Å²) >= 11 is 12.1. The summed E-state index contributed by atoms with van der Waals surface area (Å²) in [5, 5.41) is 20.0. The predicted octanol–water partition coefficient (Wildman–Crippen LogP) is 4.20. The number of halogens is 2. The second-order valence-electron chi connectivity index (χ2n) is 7.98. The molecule has 2 amide bonds. The minimum atomic E-state index is -0.556. The van der Waals surface area contributed by atoms with Gasteiger partial charge in [0.1, 0.15) is 11.2 Å². The number of piperidine rings is 1. The topological polar surface area (TPSA) is 102 Å². The molecule has 0 spiro atoms. The van der Waals surface area contributed by atoms with Crippen LogP contribution in [0, 0.1) is 12.8 Å². The van der Waals surface area contributed by atoms with E-state index < -0.39 is 5.54 Å². The van der Waals surface area contributed by atoms with Crippen molar-refractivity contribution in [2.45, 2.75) is 44.7 Å².